The Labute approximate surface area is 100 Å². The van der Waals surface area contributed by atoms with Crippen LogP contribution in [0.4, 0.5) is 4.39 Å². The maximum atomic E-state index is 13.1. The molecule has 18 heavy (non-hydrogen) atoms. The third kappa shape index (κ3) is 2.22. The maximum Gasteiger partial charge on any atom is 0.328 e. The molecule has 100 valence electrons. The zero-order chi connectivity index (χ0) is 13.3. The van der Waals surface area contributed by atoms with Crippen molar-refractivity contribution in [1.82, 2.24) is 9.55 Å². The quantitative estimate of drug-likeness (QED) is 0.604. The molecule has 0 aromatic carbocycles. The molecule has 1 aromatic heterocycles. The predicted molar refractivity (Wildman–Crippen MR) is 57.8 cm³/mol. The molecule has 1 aromatic rings. The third-order valence-corrected chi connectivity index (χ3v) is 2.95. The monoisotopic (exact) mass is 260 g/mol. The summed E-state index contributed by atoms with van der Waals surface area (Å²) in [7, 11) is 0. The van der Waals surface area contributed by atoms with Crippen molar-refractivity contribution in [3.05, 3.63) is 32.9 Å². The molecule has 7 nitrogen and oxygen atoms in total. The first-order valence-corrected chi connectivity index (χ1v) is 5.46. The van der Waals surface area contributed by atoms with E-state index in [0.29, 0.717) is 0 Å². The van der Waals surface area contributed by atoms with Crippen LogP contribution < -0.4 is 11.2 Å². The Morgan fingerprint density at radius 2 is 2.28 bits per heavy atom. The lowest BCUT2D eigenvalue weighted by atomic mass is 10.1. The topological polar surface area (TPSA) is 105 Å². The SMILES string of the molecule is O=c1[nH]c(=O)n([C@@H]2CO[C@H](CCO)[C@H]2O)cc1F. The van der Waals surface area contributed by atoms with Crippen molar-refractivity contribution in [2.24, 2.45) is 0 Å². The molecule has 0 aliphatic carbocycles. The number of hydrogen-bond acceptors (Lipinski definition) is 5. The summed E-state index contributed by atoms with van der Waals surface area (Å²) in [5.41, 5.74) is -1.91. The van der Waals surface area contributed by atoms with E-state index in [-0.39, 0.29) is 19.6 Å². The Kier molecular flexibility index (Phi) is 3.60. The number of aliphatic hydroxyl groups excluding tert-OH is 2. The number of aromatic nitrogens is 2. The second-order valence-corrected chi connectivity index (χ2v) is 4.09. The Hall–Kier alpha value is -1.51. The van der Waals surface area contributed by atoms with Crippen molar-refractivity contribution in [3.8, 4) is 0 Å². The Bertz CT molecular complexity index is 540. The molecule has 8 heteroatoms. The van der Waals surface area contributed by atoms with Crippen molar-refractivity contribution in [1.29, 1.82) is 0 Å². The lowest BCUT2D eigenvalue weighted by Crippen LogP contribution is -2.38. The molecule has 1 aliphatic heterocycles. The molecule has 0 radical (unpaired) electrons. The van der Waals surface area contributed by atoms with Crippen molar-refractivity contribution in [2.45, 2.75) is 24.7 Å². The summed E-state index contributed by atoms with van der Waals surface area (Å²) < 4.78 is 19.2. The lowest BCUT2D eigenvalue weighted by molar-refractivity contribution is 0.0231. The molecule has 0 spiro atoms. The molecule has 0 bridgehead atoms. The Morgan fingerprint density at radius 3 is 2.94 bits per heavy atom. The molecule has 3 atom stereocenters. The Balaban J connectivity index is 2.31. The van der Waals surface area contributed by atoms with E-state index in [2.05, 4.69) is 0 Å². The molecule has 0 amide bonds. The van der Waals surface area contributed by atoms with E-state index in [0.717, 1.165) is 10.8 Å². The second-order valence-electron chi connectivity index (χ2n) is 4.09. The highest BCUT2D eigenvalue weighted by atomic mass is 19.1. The molecule has 0 unspecified atom stereocenters. The first kappa shape index (κ1) is 12.9. The minimum Gasteiger partial charge on any atom is -0.396 e. The highest BCUT2D eigenvalue weighted by molar-refractivity contribution is 4.95. The minimum atomic E-state index is -1.10. The second kappa shape index (κ2) is 5.01. The van der Waals surface area contributed by atoms with Gasteiger partial charge in [-0.25, -0.2) is 4.79 Å². The third-order valence-electron chi connectivity index (χ3n) is 2.95. The van der Waals surface area contributed by atoms with Crippen molar-refractivity contribution < 1.29 is 19.3 Å². The van der Waals surface area contributed by atoms with Crippen LogP contribution in [0, 0.1) is 5.82 Å². The van der Waals surface area contributed by atoms with Gasteiger partial charge in [-0.3, -0.25) is 14.3 Å². The van der Waals surface area contributed by atoms with Crippen LogP contribution in [0.15, 0.2) is 15.8 Å². The first-order chi connectivity index (χ1) is 8.54. The van der Waals surface area contributed by atoms with E-state index in [4.69, 9.17) is 9.84 Å². The number of nitrogens with one attached hydrogen (secondary N) is 1. The van der Waals surface area contributed by atoms with Crippen LogP contribution in [0.3, 0.4) is 0 Å². The van der Waals surface area contributed by atoms with Gasteiger partial charge >= 0.3 is 5.69 Å². The molecule has 3 N–H and O–H groups in total. The summed E-state index contributed by atoms with van der Waals surface area (Å²) in [6.07, 6.45) is -0.681. The highest BCUT2D eigenvalue weighted by Gasteiger charge is 2.37. The minimum absolute atomic E-state index is 0.0111. The van der Waals surface area contributed by atoms with Crippen molar-refractivity contribution in [3.63, 3.8) is 0 Å². The molecular weight excluding hydrogens is 247 g/mol. The summed E-state index contributed by atoms with van der Waals surface area (Å²) >= 11 is 0. The number of rotatable bonds is 3. The van der Waals surface area contributed by atoms with Crippen molar-refractivity contribution >= 4 is 0 Å². The maximum absolute atomic E-state index is 13.1. The van der Waals surface area contributed by atoms with Gasteiger partial charge in [-0.1, -0.05) is 0 Å². The van der Waals surface area contributed by atoms with E-state index in [1.54, 1.807) is 0 Å². The highest BCUT2D eigenvalue weighted by Crippen LogP contribution is 2.25. The smallest absolute Gasteiger partial charge is 0.328 e. The molecule has 1 fully saturated rings. The molecule has 2 heterocycles. The van der Waals surface area contributed by atoms with Crippen LogP contribution in [-0.4, -0.2) is 45.2 Å². The number of ether oxygens (including phenoxy) is 1. The van der Waals surface area contributed by atoms with Gasteiger partial charge < -0.3 is 14.9 Å². The fourth-order valence-corrected chi connectivity index (χ4v) is 2.00. The number of aliphatic hydroxyl groups is 2. The standard InChI is InChI=1S/C10H13FN2O5/c11-5-3-13(10(17)12-9(5)16)6-4-18-7(1-2-14)8(6)15/h3,6-8,14-15H,1-2,4H2,(H,12,16,17)/t6-,7-,8+/m1/s1. The first-order valence-electron chi connectivity index (χ1n) is 5.46. The van der Waals surface area contributed by atoms with E-state index >= 15 is 0 Å². The summed E-state index contributed by atoms with van der Waals surface area (Å²) in [5, 5.41) is 18.7. The normalized spacial score (nSPS) is 27.6. The van der Waals surface area contributed by atoms with Gasteiger partial charge in [-0.2, -0.15) is 4.39 Å². The average molecular weight is 260 g/mol. The summed E-state index contributed by atoms with van der Waals surface area (Å²) in [6.45, 7) is -0.152. The number of H-pyrrole nitrogens is 1. The Morgan fingerprint density at radius 1 is 1.56 bits per heavy atom. The van der Waals surface area contributed by atoms with Gasteiger partial charge in [0.1, 0.15) is 6.10 Å². The van der Waals surface area contributed by atoms with Gasteiger partial charge in [0.15, 0.2) is 0 Å². The number of hydrogen-bond donors (Lipinski definition) is 3. The van der Waals surface area contributed by atoms with Gasteiger partial charge in [-0.05, 0) is 6.42 Å². The summed E-state index contributed by atoms with van der Waals surface area (Å²) in [5.74, 6) is -1.10. The van der Waals surface area contributed by atoms with Gasteiger partial charge in [0.25, 0.3) is 5.56 Å². The zero-order valence-corrected chi connectivity index (χ0v) is 9.38. The van der Waals surface area contributed by atoms with Crippen LogP contribution >= 0.6 is 0 Å². The summed E-state index contributed by atoms with van der Waals surface area (Å²) in [4.78, 5) is 24.2. The zero-order valence-electron chi connectivity index (χ0n) is 9.38. The van der Waals surface area contributed by atoms with E-state index in [9.17, 15) is 19.1 Å². The molecule has 1 aliphatic rings. The van der Waals surface area contributed by atoms with Crippen LogP contribution in [0.1, 0.15) is 12.5 Å². The summed E-state index contributed by atoms with van der Waals surface area (Å²) in [6, 6.07) is -0.777. The van der Waals surface area contributed by atoms with E-state index in [1.807, 2.05) is 4.98 Å². The lowest BCUT2D eigenvalue weighted by Gasteiger charge is -2.18. The fraction of sp³-hybridized carbons (Fsp3) is 0.600. The molecule has 0 saturated carbocycles. The largest absolute Gasteiger partial charge is 0.396 e. The molecular formula is C10H13FN2O5. The van der Waals surface area contributed by atoms with Crippen LogP contribution in [-0.2, 0) is 4.74 Å². The number of aromatic amines is 1. The molecule has 1 saturated heterocycles. The van der Waals surface area contributed by atoms with E-state index < -0.39 is 35.3 Å². The van der Waals surface area contributed by atoms with Gasteiger partial charge in [-0.15, -0.1) is 0 Å². The number of halogens is 1. The van der Waals surface area contributed by atoms with Gasteiger partial charge in [0.05, 0.1) is 24.9 Å². The van der Waals surface area contributed by atoms with Crippen molar-refractivity contribution in [2.75, 3.05) is 13.2 Å². The predicted octanol–water partition coefficient (Wildman–Crippen LogP) is -1.64. The van der Waals surface area contributed by atoms with Gasteiger partial charge in [0, 0.05) is 6.61 Å². The van der Waals surface area contributed by atoms with E-state index in [1.165, 1.54) is 0 Å². The van der Waals surface area contributed by atoms with Gasteiger partial charge in [0.2, 0.25) is 5.82 Å². The number of nitrogens with zero attached hydrogens (tertiary/aromatic N) is 1. The van der Waals surface area contributed by atoms with Crippen LogP contribution in [0.25, 0.3) is 0 Å². The fourth-order valence-electron chi connectivity index (χ4n) is 2.00. The van der Waals surface area contributed by atoms with Crippen LogP contribution in [0.2, 0.25) is 0 Å². The average Bonchev–Trinajstić information content (AvgIpc) is 2.67. The van der Waals surface area contributed by atoms with Crippen LogP contribution in [0.5, 0.6) is 0 Å². The molecule has 2 rings (SSSR count).